The number of hydrogen-bond acceptors (Lipinski definition) is 8. The van der Waals surface area contributed by atoms with Crippen molar-refractivity contribution in [3.8, 4) is 22.1 Å². The van der Waals surface area contributed by atoms with Gasteiger partial charge in [-0.3, -0.25) is 9.59 Å². The fourth-order valence-corrected chi connectivity index (χ4v) is 5.34. The van der Waals surface area contributed by atoms with E-state index in [2.05, 4.69) is 4.98 Å². The van der Waals surface area contributed by atoms with Crippen LogP contribution in [0.25, 0.3) is 10.6 Å². The molecule has 0 spiro atoms. The van der Waals surface area contributed by atoms with E-state index < -0.39 is 23.5 Å². The third-order valence-electron chi connectivity index (χ3n) is 5.99. The van der Waals surface area contributed by atoms with Crippen LogP contribution < -0.4 is 9.47 Å². The van der Waals surface area contributed by atoms with E-state index in [0.717, 1.165) is 5.56 Å². The second-order valence-electron chi connectivity index (χ2n) is 8.19. The Labute approximate surface area is 206 Å². The van der Waals surface area contributed by atoms with Crippen LogP contribution in [-0.4, -0.2) is 60.2 Å². The summed E-state index contributed by atoms with van der Waals surface area (Å²) in [5.41, 5.74) is 2.10. The van der Waals surface area contributed by atoms with Crippen molar-refractivity contribution in [3.05, 3.63) is 76.0 Å². The number of nitrogens with zero attached hydrogens (tertiary/aromatic N) is 2. The second-order valence-corrected chi connectivity index (χ2v) is 9.19. The predicted molar refractivity (Wildman–Crippen MR) is 130 cm³/mol. The van der Waals surface area contributed by atoms with Gasteiger partial charge in [-0.15, -0.1) is 11.3 Å². The molecule has 1 unspecified atom stereocenters. The Morgan fingerprint density at radius 3 is 2.66 bits per heavy atom. The zero-order chi connectivity index (χ0) is 24.5. The first-order valence-corrected chi connectivity index (χ1v) is 12.0. The van der Waals surface area contributed by atoms with Crippen molar-refractivity contribution >= 4 is 23.0 Å². The number of ether oxygens (including phenoxy) is 3. The van der Waals surface area contributed by atoms with Crippen molar-refractivity contribution in [1.82, 2.24) is 9.88 Å². The number of aliphatic hydroxyl groups excluding tert-OH is 1. The maximum Gasteiger partial charge on any atom is 0.290 e. The highest BCUT2D eigenvalue weighted by Crippen LogP contribution is 2.43. The van der Waals surface area contributed by atoms with Gasteiger partial charge in [-0.25, -0.2) is 4.98 Å². The summed E-state index contributed by atoms with van der Waals surface area (Å²) < 4.78 is 16.5. The van der Waals surface area contributed by atoms with Crippen LogP contribution in [0.5, 0.6) is 11.5 Å². The first-order valence-electron chi connectivity index (χ1n) is 11.2. The van der Waals surface area contributed by atoms with Crippen LogP contribution in [0.15, 0.2) is 59.9 Å². The highest BCUT2D eigenvalue weighted by Gasteiger charge is 2.44. The molecule has 0 saturated carbocycles. The number of thiazole rings is 1. The van der Waals surface area contributed by atoms with Crippen molar-refractivity contribution in [2.24, 2.45) is 0 Å². The lowest BCUT2D eigenvalue weighted by molar-refractivity contribution is -0.130. The number of methoxy groups -OCH3 is 1. The molecule has 0 fully saturated rings. The third-order valence-corrected chi connectivity index (χ3v) is 7.20. The molecule has 35 heavy (non-hydrogen) atoms. The summed E-state index contributed by atoms with van der Waals surface area (Å²) in [4.78, 5) is 33.3. The number of carbonyl (C=O) groups is 2. The van der Waals surface area contributed by atoms with Crippen LogP contribution in [0, 0.1) is 6.92 Å². The van der Waals surface area contributed by atoms with E-state index in [0.29, 0.717) is 45.9 Å². The molecule has 3 heterocycles. The summed E-state index contributed by atoms with van der Waals surface area (Å²) in [7, 11) is 1.53. The van der Waals surface area contributed by atoms with E-state index in [9.17, 15) is 14.7 Å². The number of Topliss-reactive ketones (excluding diaryl/α,β-unsaturated/α-hetero) is 1. The molecule has 1 atom stereocenters. The summed E-state index contributed by atoms with van der Waals surface area (Å²) in [5, 5.41) is 11.6. The number of fused-ring (bicyclic) bond motifs is 1. The smallest absolute Gasteiger partial charge is 0.290 e. The van der Waals surface area contributed by atoms with E-state index in [1.165, 1.54) is 23.3 Å². The van der Waals surface area contributed by atoms with Gasteiger partial charge in [0.1, 0.15) is 18.2 Å². The summed E-state index contributed by atoms with van der Waals surface area (Å²) in [6, 6.07) is 14.1. The molecule has 9 heteroatoms. The number of aromatic nitrogens is 1. The van der Waals surface area contributed by atoms with Crippen molar-refractivity contribution in [3.63, 3.8) is 0 Å². The monoisotopic (exact) mass is 492 g/mol. The summed E-state index contributed by atoms with van der Waals surface area (Å²) in [5.74, 6) is -0.463. The first-order chi connectivity index (χ1) is 17.0. The largest absolute Gasteiger partial charge is 0.503 e. The maximum atomic E-state index is 13.8. The molecule has 5 rings (SSSR count). The van der Waals surface area contributed by atoms with Crippen LogP contribution in [0.4, 0.5) is 0 Å². The molecule has 2 aromatic carbocycles. The fraction of sp³-hybridized carbons (Fsp3) is 0.269. The molecule has 1 amide bonds. The molecule has 180 valence electrons. The lowest BCUT2D eigenvalue weighted by Crippen LogP contribution is -2.34. The first kappa shape index (κ1) is 23.1. The number of carbonyl (C=O) groups excluding carboxylic acids is 2. The van der Waals surface area contributed by atoms with Crippen LogP contribution in [0.1, 0.15) is 27.0 Å². The molecular weight excluding hydrogens is 468 g/mol. The van der Waals surface area contributed by atoms with E-state index in [1.54, 1.807) is 25.1 Å². The SMILES string of the molecule is COCCN1C(=O)C(O)=C(C(=O)c2sc(-c3ccccc3)nc2C)C1c1ccc2c(c1)OCCO2. The normalized spacial score (nSPS) is 17.3. The van der Waals surface area contributed by atoms with Gasteiger partial charge in [0, 0.05) is 19.2 Å². The number of hydrogen-bond donors (Lipinski definition) is 1. The van der Waals surface area contributed by atoms with Crippen molar-refractivity contribution in [1.29, 1.82) is 0 Å². The molecule has 3 aromatic rings. The third kappa shape index (κ3) is 4.17. The molecular formula is C26H24N2O6S. The quantitative estimate of drug-likeness (QED) is 0.496. The van der Waals surface area contributed by atoms with Crippen molar-refractivity contribution in [2.75, 3.05) is 33.5 Å². The molecule has 1 N–H and O–H groups in total. The van der Waals surface area contributed by atoms with Gasteiger partial charge >= 0.3 is 0 Å². The van der Waals surface area contributed by atoms with Crippen molar-refractivity contribution < 1.29 is 28.9 Å². The highest BCUT2D eigenvalue weighted by molar-refractivity contribution is 7.17. The Morgan fingerprint density at radius 2 is 1.91 bits per heavy atom. The van der Waals surface area contributed by atoms with E-state index in [1.807, 2.05) is 30.3 Å². The van der Waals surface area contributed by atoms with Gasteiger partial charge in [-0.2, -0.15) is 0 Å². The van der Waals surface area contributed by atoms with Crippen LogP contribution >= 0.6 is 11.3 Å². The Hall–Kier alpha value is -3.69. The number of ketones is 1. The topological polar surface area (TPSA) is 98.2 Å². The number of rotatable bonds is 7. The zero-order valence-corrected chi connectivity index (χ0v) is 20.1. The average molecular weight is 493 g/mol. The number of aryl methyl sites for hydroxylation is 1. The van der Waals surface area contributed by atoms with E-state index in [4.69, 9.17) is 14.2 Å². The highest BCUT2D eigenvalue weighted by atomic mass is 32.1. The van der Waals surface area contributed by atoms with E-state index >= 15 is 0 Å². The van der Waals surface area contributed by atoms with Gasteiger partial charge in [0.05, 0.1) is 28.8 Å². The standard InChI is InChI=1S/C26H24N2O6S/c1-15-24(35-25(27-15)16-6-4-3-5-7-16)22(29)20-21(28(10-11-32-2)26(31)23(20)30)17-8-9-18-19(14-17)34-13-12-33-18/h3-9,14,21,30H,10-13H2,1-2H3. The zero-order valence-electron chi connectivity index (χ0n) is 19.3. The Bertz CT molecular complexity index is 1320. The molecule has 1 aromatic heterocycles. The number of aliphatic hydroxyl groups is 1. The lowest BCUT2D eigenvalue weighted by Gasteiger charge is -2.28. The van der Waals surface area contributed by atoms with Gasteiger partial charge in [0.25, 0.3) is 5.91 Å². The average Bonchev–Trinajstić information content (AvgIpc) is 3.40. The minimum absolute atomic E-state index is 0.0224. The number of benzene rings is 2. The molecule has 0 saturated heterocycles. The summed E-state index contributed by atoms with van der Waals surface area (Å²) in [6.07, 6.45) is 0. The molecule has 0 radical (unpaired) electrons. The fourth-order valence-electron chi connectivity index (χ4n) is 4.32. The van der Waals surface area contributed by atoms with Gasteiger partial charge < -0.3 is 24.2 Å². The minimum Gasteiger partial charge on any atom is -0.503 e. The van der Waals surface area contributed by atoms with Gasteiger partial charge in [0.2, 0.25) is 5.78 Å². The molecule has 0 aliphatic carbocycles. The minimum atomic E-state index is -0.803. The molecule has 2 aliphatic rings. The second kappa shape index (κ2) is 9.52. The van der Waals surface area contributed by atoms with E-state index in [-0.39, 0.29) is 18.7 Å². The van der Waals surface area contributed by atoms with Gasteiger partial charge in [0.15, 0.2) is 17.3 Å². The number of amides is 1. The van der Waals surface area contributed by atoms with Crippen LogP contribution in [0.3, 0.4) is 0 Å². The Kier molecular flexibility index (Phi) is 6.27. The van der Waals surface area contributed by atoms with Crippen molar-refractivity contribution in [2.45, 2.75) is 13.0 Å². The molecule has 0 bridgehead atoms. The maximum absolute atomic E-state index is 13.8. The van der Waals surface area contributed by atoms with Gasteiger partial charge in [-0.1, -0.05) is 36.4 Å². The summed E-state index contributed by atoms with van der Waals surface area (Å²) >= 11 is 1.24. The Balaban J connectivity index is 1.57. The van der Waals surface area contributed by atoms with Crippen LogP contribution in [0.2, 0.25) is 0 Å². The predicted octanol–water partition coefficient (Wildman–Crippen LogP) is 4.11. The van der Waals surface area contributed by atoms with Crippen LogP contribution in [-0.2, 0) is 9.53 Å². The lowest BCUT2D eigenvalue weighted by atomic mass is 9.94. The summed E-state index contributed by atoms with van der Waals surface area (Å²) in [6.45, 7) is 3.06. The molecule has 8 nitrogen and oxygen atoms in total. The Morgan fingerprint density at radius 1 is 1.17 bits per heavy atom. The molecule has 2 aliphatic heterocycles. The van der Waals surface area contributed by atoms with Gasteiger partial charge in [-0.05, 0) is 24.6 Å².